The summed E-state index contributed by atoms with van der Waals surface area (Å²) in [7, 11) is 0. The number of benzene rings is 1. The van der Waals surface area contributed by atoms with Crippen LogP contribution in [0.25, 0.3) is 0 Å². The number of ketones is 1. The Morgan fingerprint density at radius 1 is 1.16 bits per heavy atom. The molecule has 0 amide bonds. The third-order valence-electron chi connectivity index (χ3n) is 3.53. The van der Waals surface area contributed by atoms with Gasteiger partial charge in [-0.2, -0.15) is 0 Å². The normalized spacial score (nSPS) is 12.3. The minimum absolute atomic E-state index is 0.0380. The number of aromatic hydroxyl groups is 1. The number of unbranched alkanes of at least 4 members (excludes halogenated alkanes) is 3. The highest BCUT2D eigenvalue weighted by Gasteiger charge is 2.19. The average Bonchev–Trinajstić information content (AvgIpc) is 2.39. The fraction of sp³-hybridized carbons (Fsp3) is 0.588. The predicted molar refractivity (Wildman–Crippen MR) is 79.5 cm³/mol. The topological polar surface area (TPSA) is 37.3 Å². The summed E-state index contributed by atoms with van der Waals surface area (Å²) in [5, 5.41) is 9.57. The number of carbonyl (C=O) groups excluding carboxylic acids is 1. The van der Waals surface area contributed by atoms with Crippen molar-refractivity contribution in [3.8, 4) is 5.75 Å². The monoisotopic (exact) mass is 262 g/mol. The second kappa shape index (κ2) is 8.73. The maximum Gasteiger partial charge on any atom is 0.140 e. The third kappa shape index (κ3) is 5.46. The molecule has 2 nitrogen and oxygen atoms in total. The van der Waals surface area contributed by atoms with Gasteiger partial charge in [0, 0.05) is 12.3 Å². The second-order valence-corrected chi connectivity index (χ2v) is 5.21. The van der Waals surface area contributed by atoms with Gasteiger partial charge in [-0.25, -0.2) is 0 Å². The van der Waals surface area contributed by atoms with Crippen molar-refractivity contribution < 1.29 is 9.90 Å². The first kappa shape index (κ1) is 15.7. The van der Waals surface area contributed by atoms with E-state index >= 15 is 0 Å². The highest BCUT2D eigenvalue weighted by Crippen LogP contribution is 2.27. The summed E-state index contributed by atoms with van der Waals surface area (Å²) < 4.78 is 0. The van der Waals surface area contributed by atoms with Crippen molar-refractivity contribution in [1.29, 1.82) is 0 Å². The molecular weight excluding hydrogens is 236 g/mol. The summed E-state index contributed by atoms with van der Waals surface area (Å²) >= 11 is 0. The highest BCUT2D eigenvalue weighted by molar-refractivity contribution is 5.85. The molecule has 2 heteroatoms. The van der Waals surface area contributed by atoms with Crippen LogP contribution in [0.15, 0.2) is 24.3 Å². The molecule has 1 aromatic rings. The van der Waals surface area contributed by atoms with Crippen LogP contribution in [0.2, 0.25) is 0 Å². The molecule has 1 atom stereocenters. The van der Waals surface area contributed by atoms with Crippen LogP contribution < -0.4 is 0 Å². The minimum Gasteiger partial charge on any atom is -0.508 e. The van der Waals surface area contributed by atoms with E-state index in [0.29, 0.717) is 12.2 Å². The molecule has 0 saturated heterocycles. The van der Waals surface area contributed by atoms with Crippen LogP contribution in [0.4, 0.5) is 0 Å². The van der Waals surface area contributed by atoms with E-state index in [-0.39, 0.29) is 11.7 Å². The Morgan fingerprint density at radius 3 is 2.53 bits per heavy atom. The van der Waals surface area contributed by atoms with Gasteiger partial charge in [-0.1, -0.05) is 51.7 Å². The van der Waals surface area contributed by atoms with Crippen molar-refractivity contribution in [2.75, 3.05) is 0 Å². The molecule has 1 N–H and O–H groups in total. The van der Waals surface area contributed by atoms with Gasteiger partial charge >= 0.3 is 0 Å². The second-order valence-electron chi connectivity index (χ2n) is 5.21. The molecule has 0 aliphatic carbocycles. The molecule has 0 radical (unpaired) electrons. The van der Waals surface area contributed by atoms with Gasteiger partial charge in [-0.3, -0.25) is 4.79 Å². The molecule has 1 aromatic carbocycles. The van der Waals surface area contributed by atoms with E-state index in [1.807, 2.05) is 12.1 Å². The van der Waals surface area contributed by atoms with Crippen LogP contribution in [0.5, 0.6) is 5.75 Å². The molecule has 0 spiro atoms. The number of phenolic OH excluding ortho intramolecular Hbond substituents is 1. The van der Waals surface area contributed by atoms with Gasteiger partial charge < -0.3 is 5.11 Å². The molecular formula is C17H26O2. The van der Waals surface area contributed by atoms with E-state index in [9.17, 15) is 9.90 Å². The highest BCUT2D eigenvalue weighted by atomic mass is 16.3. The van der Waals surface area contributed by atoms with E-state index in [4.69, 9.17) is 0 Å². The number of phenols is 1. The largest absolute Gasteiger partial charge is 0.508 e. The molecule has 1 rings (SSSR count). The average molecular weight is 262 g/mol. The van der Waals surface area contributed by atoms with Crippen LogP contribution in [0.1, 0.15) is 70.3 Å². The van der Waals surface area contributed by atoms with Crippen molar-refractivity contribution in [3.05, 3.63) is 29.8 Å². The summed E-state index contributed by atoms with van der Waals surface area (Å²) in [6, 6.07) is 7.17. The summed E-state index contributed by atoms with van der Waals surface area (Å²) in [5.74, 6) is 0.539. The van der Waals surface area contributed by atoms with E-state index < -0.39 is 0 Å². The zero-order chi connectivity index (χ0) is 14.1. The number of rotatable bonds is 9. The van der Waals surface area contributed by atoms with Gasteiger partial charge in [0.05, 0.1) is 0 Å². The Morgan fingerprint density at radius 2 is 1.89 bits per heavy atom. The first-order valence-corrected chi connectivity index (χ1v) is 7.50. The quantitative estimate of drug-likeness (QED) is 0.648. The summed E-state index contributed by atoms with van der Waals surface area (Å²) in [6.07, 6.45) is 6.95. The van der Waals surface area contributed by atoms with Crippen molar-refractivity contribution in [1.82, 2.24) is 0 Å². The molecule has 0 aliphatic heterocycles. The number of carbonyl (C=O) groups is 1. The smallest absolute Gasteiger partial charge is 0.140 e. The van der Waals surface area contributed by atoms with Crippen molar-refractivity contribution in [2.45, 2.75) is 64.7 Å². The van der Waals surface area contributed by atoms with E-state index in [0.717, 1.165) is 44.1 Å². The van der Waals surface area contributed by atoms with E-state index in [2.05, 4.69) is 13.8 Å². The number of Topliss-reactive ketones (excluding diaryl/α,β-unsaturated/α-hetero) is 1. The fourth-order valence-electron chi connectivity index (χ4n) is 2.39. The van der Waals surface area contributed by atoms with Gasteiger partial charge in [-0.05, 0) is 30.5 Å². The molecule has 19 heavy (non-hydrogen) atoms. The van der Waals surface area contributed by atoms with Crippen molar-refractivity contribution in [2.24, 2.45) is 0 Å². The molecule has 0 bridgehead atoms. The lowest BCUT2D eigenvalue weighted by Gasteiger charge is -2.16. The standard InChI is InChI=1S/C17H26O2/c1-3-5-7-12-17(19)16(11-6-4-2)14-9-8-10-15(18)13-14/h8-10,13,16,18H,3-7,11-12H2,1-2H3/t16-/m0/s1. The van der Waals surface area contributed by atoms with Gasteiger partial charge in [0.25, 0.3) is 0 Å². The van der Waals surface area contributed by atoms with Crippen molar-refractivity contribution in [3.63, 3.8) is 0 Å². The predicted octanol–water partition coefficient (Wildman–Crippen LogP) is 4.82. The molecule has 0 unspecified atom stereocenters. The fourth-order valence-corrected chi connectivity index (χ4v) is 2.39. The zero-order valence-electron chi connectivity index (χ0n) is 12.2. The van der Waals surface area contributed by atoms with E-state index in [1.165, 1.54) is 0 Å². The summed E-state index contributed by atoms with van der Waals surface area (Å²) in [5.41, 5.74) is 0.968. The van der Waals surface area contributed by atoms with E-state index in [1.54, 1.807) is 12.1 Å². The van der Waals surface area contributed by atoms with Crippen LogP contribution >= 0.6 is 0 Å². The Bertz CT molecular complexity index is 385. The zero-order valence-corrected chi connectivity index (χ0v) is 12.2. The number of hydrogen-bond donors (Lipinski definition) is 1. The first-order valence-electron chi connectivity index (χ1n) is 7.50. The Balaban J connectivity index is 2.73. The Hall–Kier alpha value is -1.31. The third-order valence-corrected chi connectivity index (χ3v) is 3.53. The van der Waals surface area contributed by atoms with Crippen molar-refractivity contribution >= 4 is 5.78 Å². The van der Waals surface area contributed by atoms with Gasteiger partial charge in [0.1, 0.15) is 11.5 Å². The van der Waals surface area contributed by atoms with Gasteiger partial charge in [0.15, 0.2) is 0 Å². The maximum absolute atomic E-state index is 12.4. The van der Waals surface area contributed by atoms with Crippen LogP contribution in [0.3, 0.4) is 0 Å². The summed E-state index contributed by atoms with van der Waals surface area (Å²) in [6.45, 7) is 4.29. The molecule has 106 valence electrons. The molecule has 0 heterocycles. The molecule has 0 saturated carbocycles. The number of hydrogen-bond acceptors (Lipinski definition) is 2. The van der Waals surface area contributed by atoms with Crippen LogP contribution in [-0.4, -0.2) is 10.9 Å². The molecule has 0 aliphatic rings. The summed E-state index contributed by atoms with van der Waals surface area (Å²) in [4.78, 5) is 12.4. The molecule has 0 fully saturated rings. The lowest BCUT2D eigenvalue weighted by Crippen LogP contribution is -2.12. The lowest BCUT2D eigenvalue weighted by molar-refractivity contribution is -0.120. The molecule has 0 aromatic heterocycles. The minimum atomic E-state index is -0.0380. The van der Waals surface area contributed by atoms with Crippen LogP contribution in [-0.2, 0) is 4.79 Å². The Kier molecular flexibility index (Phi) is 7.24. The lowest BCUT2D eigenvalue weighted by atomic mass is 9.87. The first-order chi connectivity index (χ1) is 9.19. The maximum atomic E-state index is 12.4. The van der Waals surface area contributed by atoms with Crippen LogP contribution in [0, 0.1) is 0 Å². The Labute approximate surface area is 116 Å². The van der Waals surface area contributed by atoms with Gasteiger partial charge in [0.2, 0.25) is 0 Å². The SMILES string of the molecule is CCCCCC(=O)[C@@H](CCCC)c1cccc(O)c1. The van der Waals surface area contributed by atoms with Gasteiger partial charge in [-0.15, -0.1) is 0 Å².